The van der Waals surface area contributed by atoms with E-state index in [0.29, 0.717) is 62.8 Å². The minimum atomic E-state index is -0.332. The molecule has 3 atom stereocenters. The molecule has 1 aliphatic carbocycles. The van der Waals surface area contributed by atoms with Gasteiger partial charge in [0.15, 0.2) is 5.78 Å². The van der Waals surface area contributed by atoms with Crippen LogP contribution in [0.5, 0.6) is 6.01 Å². The zero-order chi connectivity index (χ0) is 29.8. The van der Waals surface area contributed by atoms with Gasteiger partial charge in [-0.2, -0.15) is 27.9 Å². The molecule has 0 radical (unpaired) electrons. The lowest BCUT2D eigenvalue weighted by Crippen LogP contribution is -2.55. The highest BCUT2D eigenvalue weighted by atomic mass is 32.1. The van der Waals surface area contributed by atoms with Gasteiger partial charge in [0.1, 0.15) is 23.9 Å². The maximum Gasteiger partial charge on any atom is 0.319 e. The Hall–Kier alpha value is -3.49. The number of likely N-dealkylation sites (N-methyl/N-ethyl adjacent to an activating group) is 1. The van der Waals surface area contributed by atoms with E-state index in [1.165, 1.54) is 18.2 Å². The van der Waals surface area contributed by atoms with Gasteiger partial charge in [-0.15, -0.1) is 0 Å². The van der Waals surface area contributed by atoms with Crippen LogP contribution in [0.4, 0.5) is 10.2 Å². The van der Waals surface area contributed by atoms with Gasteiger partial charge in [-0.05, 0) is 75.0 Å². The maximum atomic E-state index is 14.0. The molecule has 222 valence electrons. The number of likely N-dealkylation sites (tertiary alicyclic amines) is 1. The normalized spacial score (nSPS) is 22.5. The molecule has 2 aliphatic heterocycles. The summed E-state index contributed by atoms with van der Waals surface area (Å²) < 4.78 is 20.0. The van der Waals surface area contributed by atoms with Crippen LogP contribution in [0.2, 0.25) is 0 Å². The number of nitriles is 1. The van der Waals surface area contributed by atoms with Crippen molar-refractivity contribution in [2.45, 2.75) is 56.4 Å². The van der Waals surface area contributed by atoms with E-state index in [-0.39, 0.29) is 47.9 Å². The molecule has 3 heterocycles. The van der Waals surface area contributed by atoms with Crippen molar-refractivity contribution < 1.29 is 18.7 Å². The average molecular weight is 593 g/mol. The molecule has 5 rings (SSSR count). The molecule has 3 aliphatic rings. The van der Waals surface area contributed by atoms with Gasteiger partial charge in [0.25, 0.3) is 0 Å². The number of ketones is 1. The fourth-order valence-electron chi connectivity index (χ4n) is 6.35. The number of nitrogens with zero attached hydrogens (tertiary/aromatic N) is 6. The van der Waals surface area contributed by atoms with Crippen LogP contribution in [-0.4, -0.2) is 83.4 Å². The highest BCUT2D eigenvalue weighted by molar-refractivity contribution is 7.79. The van der Waals surface area contributed by atoms with Gasteiger partial charge in [0.2, 0.25) is 5.91 Å². The summed E-state index contributed by atoms with van der Waals surface area (Å²) in [5, 5.41) is 9.46. The first kappa shape index (κ1) is 30.0. The summed E-state index contributed by atoms with van der Waals surface area (Å²) in [6.45, 7) is 6.35. The second-order valence-electron chi connectivity index (χ2n) is 11.3. The zero-order valence-electron chi connectivity index (χ0n) is 24.0. The Labute approximate surface area is 251 Å². The first-order valence-electron chi connectivity index (χ1n) is 14.5. The first-order chi connectivity index (χ1) is 20.3. The summed E-state index contributed by atoms with van der Waals surface area (Å²) in [4.78, 5) is 41.9. The number of fused-ring (bicyclic) bond motifs is 1. The number of halogens is 1. The Kier molecular flexibility index (Phi) is 9.43. The Balaban J connectivity index is 1.46. The number of hydrogen-bond donors (Lipinski definition) is 1. The van der Waals surface area contributed by atoms with E-state index < -0.39 is 0 Å². The molecular formula is C31H37FN6O3S. The summed E-state index contributed by atoms with van der Waals surface area (Å²) in [6, 6.07) is 6.92. The summed E-state index contributed by atoms with van der Waals surface area (Å²) in [5.74, 6) is 0.101. The Bertz CT molecular complexity index is 1400. The number of thiol groups is 1. The monoisotopic (exact) mass is 592 g/mol. The molecule has 1 amide bonds. The Morgan fingerprint density at radius 1 is 1.24 bits per heavy atom. The lowest BCUT2D eigenvalue weighted by Gasteiger charge is -2.41. The van der Waals surface area contributed by atoms with Gasteiger partial charge in [0.05, 0.1) is 18.5 Å². The number of aromatic nitrogens is 2. The second kappa shape index (κ2) is 13.2. The quantitative estimate of drug-likeness (QED) is 0.348. The number of ether oxygens (including phenoxy) is 1. The van der Waals surface area contributed by atoms with Gasteiger partial charge >= 0.3 is 6.01 Å². The second-order valence-corrected chi connectivity index (χ2v) is 11.6. The Morgan fingerprint density at radius 3 is 2.79 bits per heavy atom. The zero-order valence-corrected chi connectivity index (χ0v) is 24.9. The third kappa shape index (κ3) is 6.30. The van der Waals surface area contributed by atoms with Crippen molar-refractivity contribution >= 4 is 30.1 Å². The number of amides is 1. The molecule has 11 heteroatoms. The topological polar surface area (TPSA) is 103 Å². The third-order valence-corrected chi connectivity index (χ3v) is 9.10. The lowest BCUT2D eigenvalue weighted by molar-refractivity contribution is -0.128. The molecule has 2 fully saturated rings. The highest BCUT2D eigenvalue weighted by Crippen LogP contribution is 2.35. The van der Waals surface area contributed by atoms with Gasteiger partial charge in [-0.25, -0.2) is 4.39 Å². The molecule has 2 saturated heterocycles. The van der Waals surface area contributed by atoms with Crippen LogP contribution in [0.15, 0.2) is 30.9 Å². The van der Waals surface area contributed by atoms with Crippen LogP contribution in [0, 0.1) is 23.1 Å². The number of anilines is 1. The van der Waals surface area contributed by atoms with Crippen LogP contribution in [0.25, 0.3) is 0 Å². The molecule has 2 aromatic rings. The number of benzene rings is 1. The van der Waals surface area contributed by atoms with Gasteiger partial charge in [-0.1, -0.05) is 12.6 Å². The number of carbonyl (C=O) groups is 2. The average Bonchev–Trinajstić information content (AvgIpc) is 3.42. The van der Waals surface area contributed by atoms with Gasteiger partial charge in [-0.3, -0.25) is 9.59 Å². The van der Waals surface area contributed by atoms with Crippen LogP contribution >= 0.6 is 12.6 Å². The smallest absolute Gasteiger partial charge is 0.319 e. The number of rotatable bonds is 9. The van der Waals surface area contributed by atoms with E-state index in [2.05, 4.69) is 47.1 Å². The molecule has 2 unspecified atom stereocenters. The predicted octanol–water partition coefficient (Wildman–Crippen LogP) is 3.62. The number of hydrogen-bond acceptors (Lipinski definition) is 9. The molecule has 0 saturated carbocycles. The van der Waals surface area contributed by atoms with E-state index in [9.17, 15) is 19.2 Å². The van der Waals surface area contributed by atoms with Crippen molar-refractivity contribution in [1.82, 2.24) is 19.8 Å². The molecule has 0 bridgehead atoms. The summed E-state index contributed by atoms with van der Waals surface area (Å²) in [6.07, 6.45) is 5.25. The highest BCUT2D eigenvalue weighted by Gasteiger charge is 2.37. The molecule has 0 spiro atoms. The fourth-order valence-corrected chi connectivity index (χ4v) is 6.65. The first-order valence-corrected chi connectivity index (χ1v) is 15.2. The van der Waals surface area contributed by atoms with Crippen LogP contribution in [-0.2, 0) is 23.4 Å². The molecule has 1 aromatic heterocycles. The van der Waals surface area contributed by atoms with E-state index in [0.717, 1.165) is 36.1 Å². The number of Topliss-reactive ketones (excluding diaryl/α,β-unsaturated/α-hetero) is 1. The fraction of sp³-hybridized carbons (Fsp3) is 0.516. The van der Waals surface area contributed by atoms with E-state index in [4.69, 9.17) is 9.72 Å². The minimum absolute atomic E-state index is 0.0776. The predicted molar refractivity (Wildman–Crippen MR) is 160 cm³/mol. The minimum Gasteiger partial charge on any atom is -0.462 e. The van der Waals surface area contributed by atoms with Crippen LogP contribution in [0.3, 0.4) is 0 Å². The summed E-state index contributed by atoms with van der Waals surface area (Å²) in [7, 11) is 2.07. The van der Waals surface area contributed by atoms with Crippen molar-refractivity contribution in [1.29, 1.82) is 5.26 Å². The van der Waals surface area contributed by atoms with E-state index in [1.807, 2.05) is 0 Å². The SMILES string of the molecule is C=CC(=O)N1CCN(c2nc(OCC3CCCN3C)nc3c2CC[C@@H](Cc2ccc(F)cc2CS)C3=O)CC1CC#N. The van der Waals surface area contributed by atoms with Crippen LogP contribution in [0.1, 0.15) is 52.9 Å². The van der Waals surface area contributed by atoms with Crippen molar-refractivity contribution in [3.05, 3.63) is 59.1 Å². The molecule has 42 heavy (non-hydrogen) atoms. The van der Waals surface area contributed by atoms with Crippen molar-refractivity contribution in [2.24, 2.45) is 5.92 Å². The van der Waals surface area contributed by atoms with Gasteiger partial charge < -0.3 is 19.4 Å². The van der Waals surface area contributed by atoms with E-state index >= 15 is 0 Å². The third-order valence-electron chi connectivity index (χ3n) is 8.76. The lowest BCUT2D eigenvalue weighted by atomic mass is 9.81. The molecular weight excluding hydrogens is 555 g/mol. The molecule has 0 N–H and O–H groups in total. The van der Waals surface area contributed by atoms with Gasteiger partial charge in [0, 0.05) is 42.9 Å². The standard InChI is InChI=1S/C31H37FN6O3S/c1-3-27(39)38-14-13-37(17-24(38)10-11-33)30-26-9-7-21(15-20-6-8-23(32)16-22(20)19-42)29(40)28(26)34-31(35-30)41-18-25-5-4-12-36(25)2/h3,6,8,16,21,24-25,42H,1,4-5,7,9-10,12-15,17-19H2,2H3/t21-,24?,25?/m0/s1. The Morgan fingerprint density at radius 2 is 2.07 bits per heavy atom. The molecule has 9 nitrogen and oxygen atoms in total. The van der Waals surface area contributed by atoms with Crippen LogP contribution < -0.4 is 9.64 Å². The van der Waals surface area contributed by atoms with Crippen molar-refractivity contribution in [3.63, 3.8) is 0 Å². The van der Waals surface area contributed by atoms with E-state index in [1.54, 1.807) is 11.0 Å². The largest absolute Gasteiger partial charge is 0.462 e. The summed E-state index contributed by atoms with van der Waals surface area (Å²) in [5.41, 5.74) is 2.82. The summed E-state index contributed by atoms with van der Waals surface area (Å²) >= 11 is 4.36. The molecule has 1 aromatic carbocycles. The van der Waals surface area contributed by atoms with Crippen molar-refractivity contribution in [3.8, 4) is 12.1 Å². The maximum absolute atomic E-state index is 14.0. The van der Waals surface area contributed by atoms with Crippen molar-refractivity contribution in [2.75, 3.05) is 44.7 Å². The number of piperazine rings is 1. The number of carbonyl (C=O) groups excluding carboxylic acids is 2.